The number of nitrogens with zero attached hydrogens (tertiary/aromatic N) is 4. The smallest absolute Gasteiger partial charge is 0.311 e. The largest absolute Gasteiger partial charge is 0.460 e. The standard InChI is InChI=1S/C45H71N7O13/c1-44(2,3)37-28-41(56)52(42(37)57)16-9-7-8-10-38(53)47-29-36-30-51(50-49-36)17-19-60-21-23-62-25-27-63-26-24-61-22-20-59-18-15-46-39(54)32-64-33-40(55)48-35-13-11-34(12-14-35)31-65-43(58)45(4,5)6/h11-14,30,37H,7-10,15-29,31-33H2,1-6H3,(H,46,54)(H,47,53)(H,48,55). The molecule has 2 aromatic rings. The number of aromatic nitrogens is 3. The predicted octanol–water partition coefficient (Wildman–Crippen LogP) is 2.82. The maximum Gasteiger partial charge on any atom is 0.311 e. The van der Waals surface area contributed by atoms with Crippen LogP contribution in [0, 0.1) is 16.7 Å². The van der Waals surface area contributed by atoms with Gasteiger partial charge in [0.25, 0.3) is 0 Å². The Morgan fingerprint density at radius 2 is 1.29 bits per heavy atom. The molecule has 1 saturated heterocycles. The van der Waals surface area contributed by atoms with Crippen LogP contribution in [0.4, 0.5) is 5.69 Å². The van der Waals surface area contributed by atoms with Crippen LogP contribution in [-0.2, 0) is 81.6 Å². The molecular weight excluding hydrogens is 847 g/mol. The molecule has 3 rings (SSSR count). The second-order valence-electron chi connectivity index (χ2n) is 17.5. The van der Waals surface area contributed by atoms with Gasteiger partial charge in [0.15, 0.2) is 0 Å². The van der Waals surface area contributed by atoms with Gasteiger partial charge in [0.2, 0.25) is 29.5 Å². The zero-order valence-electron chi connectivity index (χ0n) is 39.1. The molecule has 20 heteroatoms. The van der Waals surface area contributed by atoms with Crippen LogP contribution >= 0.6 is 0 Å². The Labute approximate surface area is 382 Å². The zero-order chi connectivity index (χ0) is 47.5. The van der Waals surface area contributed by atoms with Crippen molar-refractivity contribution in [3.05, 3.63) is 41.7 Å². The Kier molecular flexibility index (Phi) is 24.8. The minimum atomic E-state index is -0.582. The maximum atomic E-state index is 12.6. The number of rotatable bonds is 33. The molecule has 1 fully saturated rings. The SMILES string of the molecule is CC(C)(C)C(=O)OCc1ccc(NC(=O)COCC(=O)NCCOCCOCCOCCOCCOCCn2cc(CNC(=O)CCCCCN3C(=O)CC(C(C)(C)C)C3=O)nn2)cc1. The summed E-state index contributed by atoms with van der Waals surface area (Å²) in [5.41, 5.74) is 1.16. The van der Waals surface area contributed by atoms with E-state index in [-0.39, 0.29) is 80.3 Å². The highest BCUT2D eigenvalue weighted by Gasteiger charge is 2.44. The molecule has 1 atom stereocenters. The van der Waals surface area contributed by atoms with Gasteiger partial charge in [0, 0.05) is 31.6 Å². The lowest BCUT2D eigenvalue weighted by Gasteiger charge is -2.24. The molecule has 0 bridgehead atoms. The average Bonchev–Trinajstić information content (AvgIpc) is 3.83. The van der Waals surface area contributed by atoms with E-state index in [0.29, 0.717) is 110 Å². The normalized spacial score (nSPS) is 14.2. The van der Waals surface area contributed by atoms with E-state index in [0.717, 1.165) is 12.0 Å². The number of esters is 1. The molecule has 1 aliphatic rings. The fraction of sp³-hybridized carbons (Fsp3) is 0.689. The van der Waals surface area contributed by atoms with E-state index < -0.39 is 11.3 Å². The van der Waals surface area contributed by atoms with Gasteiger partial charge in [0.1, 0.15) is 25.5 Å². The summed E-state index contributed by atoms with van der Waals surface area (Å²) in [5, 5.41) is 16.4. The van der Waals surface area contributed by atoms with E-state index in [9.17, 15) is 28.8 Å². The third kappa shape index (κ3) is 23.2. The Hall–Kier alpha value is -4.86. The van der Waals surface area contributed by atoms with Crippen molar-refractivity contribution < 1.29 is 61.9 Å². The quantitative estimate of drug-likeness (QED) is 0.0531. The number of hydrogen-bond acceptors (Lipinski definition) is 15. The summed E-state index contributed by atoms with van der Waals surface area (Å²) in [6.45, 7) is 16.3. The third-order valence-electron chi connectivity index (χ3n) is 9.84. The van der Waals surface area contributed by atoms with Gasteiger partial charge in [-0.2, -0.15) is 0 Å². The van der Waals surface area contributed by atoms with Crippen LogP contribution in [0.25, 0.3) is 0 Å². The lowest BCUT2D eigenvalue weighted by molar-refractivity contribution is -0.154. The number of benzene rings is 1. The van der Waals surface area contributed by atoms with E-state index in [1.54, 1.807) is 55.9 Å². The van der Waals surface area contributed by atoms with E-state index in [2.05, 4.69) is 26.3 Å². The van der Waals surface area contributed by atoms with Gasteiger partial charge in [-0.1, -0.05) is 44.5 Å². The lowest BCUT2D eigenvalue weighted by Crippen LogP contribution is -2.34. The van der Waals surface area contributed by atoms with Crippen molar-refractivity contribution in [1.29, 1.82) is 0 Å². The molecule has 1 aliphatic heterocycles. The minimum Gasteiger partial charge on any atom is -0.460 e. The second-order valence-corrected chi connectivity index (χ2v) is 17.5. The number of amides is 5. The highest BCUT2D eigenvalue weighted by molar-refractivity contribution is 6.03. The molecule has 1 aromatic carbocycles. The molecule has 65 heavy (non-hydrogen) atoms. The van der Waals surface area contributed by atoms with Crippen LogP contribution < -0.4 is 16.0 Å². The second kappa shape index (κ2) is 29.6. The monoisotopic (exact) mass is 918 g/mol. The van der Waals surface area contributed by atoms with Crippen molar-refractivity contribution in [1.82, 2.24) is 30.5 Å². The van der Waals surface area contributed by atoms with E-state index >= 15 is 0 Å². The van der Waals surface area contributed by atoms with Crippen molar-refractivity contribution in [2.75, 3.05) is 97.7 Å². The summed E-state index contributed by atoms with van der Waals surface area (Å²) in [6, 6.07) is 6.88. The maximum absolute atomic E-state index is 12.6. The molecule has 0 spiro atoms. The molecule has 1 aromatic heterocycles. The van der Waals surface area contributed by atoms with Gasteiger partial charge in [-0.15, -0.1) is 5.10 Å². The molecule has 364 valence electrons. The first kappa shape index (κ1) is 54.5. The number of imide groups is 1. The molecule has 0 radical (unpaired) electrons. The Morgan fingerprint density at radius 3 is 1.89 bits per heavy atom. The van der Waals surface area contributed by atoms with Crippen molar-refractivity contribution >= 4 is 41.2 Å². The highest BCUT2D eigenvalue weighted by atomic mass is 16.6. The number of ether oxygens (including phenoxy) is 7. The lowest BCUT2D eigenvalue weighted by atomic mass is 9.80. The van der Waals surface area contributed by atoms with Crippen LogP contribution in [0.5, 0.6) is 0 Å². The first-order valence-electron chi connectivity index (χ1n) is 22.3. The van der Waals surface area contributed by atoms with E-state index in [1.807, 2.05) is 20.8 Å². The summed E-state index contributed by atoms with van der Waals surface area (Å²) in [4.78, 5) is 74.6. The zero-order valence-corrected chi connectivity index (χ0v) is 39.1. The average molecular weight is 918 g/mol. The topological polar surface area (TPSA) is 237 Å². The first-order valence-corrected chi connectivity index (χ1v) is 22.3. The molecule has 0 saturated carbocycles. The van der Waals surface area contributed by atoms with Crippen molar-refractivity contribution in [2.45, 2.75) is 93.3 Å². The van der Waals surface area contributed by atoms with Gasteiger partial charge in [-0.05, 0) is 56.7 Å². The van der Waals surface area contributed by atoms with Gasteiger partial charge in [-0.3, -0.25) is 33.7 Å². The molecule has 5 amide bonds. The summed E-state index contributed by atoms with van der Waals surface area (Å²) in [5.74, 6) is -1.61. The number of unbranched alkanes of at least 4 members (excludes halogenated alkanes) is 2. The summed E-state index contributed by atoms with van der Waals surface area (Å²) in [7, 11) is 0. The Morgan fingerprint density at radius 1 is 0.692 bits per heavy atom. The van der Waals surface area contributed by atoms with Gasteiger partial charge in [0.05, 0.1) is 96.7 Å². The van der Waals surface area contributed by atoms with Crippen molar-refractivity contribution in [2.24, 2.45) is 16.7 Å². The van der Waals surface area contributed by atoms with Gasteiger partial charge in [-0.25, -0.2) is 4.68 Å². The Bertz CT molecular complexity index is 1760. The van der Waals surface area contributed by atoms with E-state index in [1.165, 1.54) is 4.90 Å². The number of carbonyl (C=O) groups is 6. The third-order valence-corrected chi connectivity index (χ3v) is 9.84. The molecule has 0 aliphatic carbocycles. The molecule has 3 N–H and O–H groups in total. The summed E-state index contributed by atoms with van der Waals surface area (Å²) >= 11 is 0. The molecule has 20 nitrogen and oxygen atoms in total. The molecule has 2 heterocycles. The fourth-order valence-electron chi connectivity index (χ4n) is 6.07. The van der Waals surface area contributed by atoms with Crippen LogP contribution in [0.2, 0.25) is 0 Å². The summed E-state index contributed by atoms with van der Waals surface area (Å²) in [6.07, 6.45) is 4.48. The minimum absolute atomic E-state index is 0.0825. The van der Waals surface area contributed by atoms with Crippen LogP contribution in [0.1, 0.15) is 84.9 Å². The predicted molar refractivity (Wildman–Crippen MR) is 237 cm³/mol. The number of nitrogens with one attached hydrogen (secondary N) is 3. The van der Waals surface area contributed by atoms with Gasteiger partial charge >= 0.3 is 5.97 Å². The van der Waals surface area contributed by atoms with E-state index in [4.69, 9.17) is 33.2 Å². The number of carbonyl (C=O) groups excluding carboxylic acids is 6. The number of likely N-dealkylation sites (tertiary alicyclic amines) is 1. The molecule has 1 unspecified atom stereocenters. The van der Waals surface area contributed by atoms with Crippen molar-refractivity contribution in [3.8, 4) is 0 Å². The first-order chi connectivity index (χ1) is 31.0. The van der Waals surface area contributed by atoms with Crippen LogP contribution in [0.3, 0.4) is 0 Å². The number of hydrogen-bond donors (Lipinski definition) is 3. The fourth-order valence-corrected chi connectivity index (χ4v) is 6.07. The van der Waals surface area contributed by atoms with Gasteiger partial charge < -0.3 is 49.1 Å². The Balaban J connectivity index is 1.03. The number of anilines is 1. The van der Waals surface area contributed by atoms with Crippen LogP contribution in [-0.4, -0.2) is 148 Å². The van der Waals surface area contributed by atoms with Crippen molar-refractivity contribution in [3.63, 3.8) is 0 Å². The van der Waals surface area contributed by atoms with Crippen LogP contribution in [0.15, 0.2) is 30.5 Å². The highest BCUT2D eigenvalue weighted by Crippen LogP contribution is 2.35. The summed E-state index contributed by atoms with van der Waals surface area (Å²) < 4.78 is 39.7. The molecular formula is C45H71N7O13.